The average Bonchev–Trinajstić information content (AvgIpc) is 0.817. The van der Waals surface area contributed by atoms with Crippen LogP contribution in [0.1, 0.15) is 70.8 Å². The highest BCUT2D eigenvalue weighted by atomic mass is 79.9. The predicted molar refractivity (Wildman–Crippen MR) is 446 cm³/mol. The van der Waals surface area contributed by atoms with Gasteiger partial charge in [0, 0.05) is 197 Å². The second kappa shape index (κ2) is 42.9. The maximum atomic E-state index is 10.2. The van der Waals surface area contributed by atoms with E-state index >= 15 is 0 Å². The number of rotatable bonds is 19. The average molecular weight is 1650 g/mol. The Morgan fingerprint density at radius 1 is 0.404 bits per heavy atom. The minimum atomic E-state index is 0. The van der Waals surface area contributed by atoms with E-state index in [1.54, 1.807) is 56.0 Å². The summed E-state index contributed by atoms with van der Waals surface area (Å²) in [6.45, 7) is 28.8. The van der Waals surface area contributed by atoms with Crippen molar-refractivity contribution in [3.8, 4) is 91.5 Å². The van der Waals surface area contributed by atoms with Crippen molar-refractivity contribution in [1.29, 1.82) is 0 Å². The van der Waals surface area contributed by atoms with E-state index in [1.807, 2.05) is 132 Å². The van der Waals surface area contributed by atoms with Gasteiger partial charge < -0.3 is 59.2 Å². The minimum Gasteiger partial charge on any atom is -0.484 e. The maximum absolute atomic E-state index is 10.2. The topological polar surface area (TPSA) is 341 Å². The van der Waals surface area contributed by atoms with Gasteiger partial charge in [-0.2, -0.15) is 17.4 Å². The fraction of sp³-hybridized carbons (Fsp3) is 0.272. The lowest BCUT2D eigenvalue weighted by molar-refractivity contribution is 0.162. The first-order valence-corrected chi connectivity index (χ1v) is 37.9. The van der Waals surface area contributed by atoms with Crippen LogP contribution in [0.15, 0.2) is 184 Å². The molecule has 29 nitrogen and oxygen atoms in total. The first-order chi connectivity index (χ1) is 55.0. The number of hydrogen-bond donors (Lipinski definition) is 4. The van der Waals surface area contributed by atoms with Gasteiger partial charge in [-0.05, 0) is 106 Å². The third-order valence-corrected chi connectivity index (χ3v) is 17.2. The number of hydrogen-bond acceptors (Lipinski definition) is 30. The van der Waals surface area contributed by atoms with Gasteiger partial charge in [-0.3, -0.25) is 15.0 Å². The number of aromatic nitrogens is 17. The number of nitrogens with zero attached hydrogens (tertiary/aromatic N) is 17. The summed E-state index contributed by atoms with van der Waals surface area (Å²) in [5.41, 5.74) is 14.9. The van der Waals surface area contributed by atoms with Gasteiger partial charge in [-0.25, -0.2) is 69.8 Å². The molecule has 12 aromatic rings. The van der Waals surface area contributed by atoms with Crippen molar-refractivity contribution < 1.29 is 41.8 Å². The van der Waals surface area contributed by atoms with Crippen molar-refractivity contribution >= 4 is 70.4 Å². The summed E-state index contributed by atoms with van der Waals surface area (Å²) in [7, 11) is 0. The SMILES string of the molecule is C=C(Br)CNc1cc(-c2cnc(C)nc2)ncn1.C=C(CNc1cc(-c2ccc(C)nc2)ncn1)c1ccnc2c1OCCO2.CSF.Cc1ccc(-c2cc(NCC(C)c3ccnc4c3OCCO4)ncn2)cn1.Cc1ccc(-c2cc(NC[C@@H](C)c3ccnc4c3OCCO4)ncn2)cn1.Cc1ccnc2c1OCCO2.S. The normalized spacial score (nSPS) is 12.7. The van der Waals surface area contributed by atoms with Gasteiger partial charge in [0.2, 0.25) is 0 Å². The molecule has 0 bridgehead atoms. The summed E-state index contributed by atoms with van der Waals surface area (Å²) in [5, 5.41) is 13.2. The van der Waals surface area contributed by atoms with Crippen LogP contribution in [0.2, 0.25) is 0 Å². The van der Waals surface area contributed by atoms with Crippen LogP contribution in [0.3, 0.4) is 0 Å². The van der Waals surface area contributed by atoms with Crippen LogP contribution in [0.5, 0.6) is 46.5 Å². The van der Waals surface area contributed by atoms with Crippen LogP contribution in [0.4, 0.5) is 27.2 Å². The summed E-state index contributed by atoms with van der Waals surface area (Å²) < 4.78 is 55.6. The molecular weight excluding hydrogens is 1560 g/mol. The van der Waals surface area contributed by atoms with Crippen LogP contribution >= 0.6 is 41.6 Å². The standard InChI is InChI=1S/2C20H21N5O2.C20H19N5O2.C12H12BrN5.C8H9NO2.CH3FS.H2S/c3*1-13(16-5-6-21-20-19(16)26-7-8-27-20)10-23-18-9-17(24-12-25-18)15-4-3-14(2)22-11-15;1-8(13)4-16-12-3-11(17-7-18-12)10-5-14-9(2)15-6-10;1-6-2-3-9-8-7(6)10-4-5-11-8;1-3-2;/h2*3-6,9,11-13H,7-8,10H2,1-2H3,(H,23,24,25);3-6,9,11-12H,1,7-8,10H2,2H3,(H,23,24,25);3,5-7H,1,4H2,2H3,(H,16,17,18);2-3H,4-5H2,1H3;1H3;1H2/t13-;;;;;;/m1....../s1. The number of aryl methyl sites for hydroxylation is 5. The van der Waals surface area contributed by atoms with Crippen LogP contribution in [0.25, 0.3) is 50.6 Å². The fourth-order valence-electron chi connectivity index (χ4n) is 11.1. The Balaban J connectivity index is 0.000000153. The third kappa shape index (κ3) is 24.3. The number of halogens is 2. The molecule has 2 atom stereocenters. The summed E-state index contributed by atoms with van der Waals surface area (Å²) in [6.07, 6.45) is 23.4. The highest BCUT2D eigenvalue weighted by molar-refractivity contribution is 9.11. The Labute approximate surface area is 680 Å². The van der Waals surface area contributed by atoms with Crippen LogP contribution < -0.4 is 59.2 Å². The van der Waals surface area contributed by atoms with Gasteiger partial charge in [0.05, 0.1) is 22.8 Å². The Morgan fingerprint density at radius 2 is 0.737 bits per heavy atom. The van der Waals surface area contributed by atoms with E-state index < -0.39 is 0 Å². The van der Waals surface area contributed by atoms with Crippen molar-refractivity contribution in [2.45, 2.75) is 60.3 Å². The van der Waals surface area contributed by atoms with E-state index in [-0.39, 0.29) is 37.5 Å². The van der Waals surface area contributed by atoms with Gasteiger partial charge in [0.15, 0.2) is 23.0 Å². The molecule has 4 N–H and O–H groups in total. The number of pyridine rings is 7. The molecule has 0 amide bonds. The van der Waals surface area contributed by atoms with E-state index in [1.165, 1.54) is 18.9 Å². The third-order valence-electron chi connectivity index (χ3n) is 17.0. The summed E-state index contributed by atoms with van der Waals surface area (Å²) >= 11 is 3.53. The first kappa shape index (κ1) is 84.1. The number of ether oxygens (including phenoxy) is 8. The van der Waals surface area contributed by atoms with Crippen molar-refractivity contribution in [2.24, 2.45) is 0 Å². The van der Waals surface area contributed by atoms with Crippen LogP contribution in [-0.2, 0) is 0 Å². The Kier molecular flexibility index (Phi) is 31.6. The van der Waals surface area contributed by atoms with Crippen LogP contribution in [0, 0.1) is 34.6 Å². The second-order valence-corrected chi connectivity index (χ2v) is 26.8. The molecule has 0 spiro atoms. The molecule has 0 aromatic carbocycles. The van der Waals surface area contributed by atoms with E-state index in [2.05, 4.69) is 149 Å². The molecule has 0 saturated heterocycles. The van der Waals surface area contributed by atoms with Gasteiger partial charge in [-0.1, -0.05) is 42.9 Å². The minimum absolute atomic E-state index is 0. The Morgan fingerprint density at radius 3 is 1.13 bits per heavy atom. The smallest absolute Gasteiger partial charge is 0.257 e. The van der Waals surface area contributed by atoms with Crippen LogP contribution in [-0.4, -0.2) is 170 Å². The quantitative estimate of drug-likeness (QED) is 0.0584. The molecule has 4 aliphatic rings. The number of nitrogens with one attached hydrogen (secondary N) is 4. The monoisotopic (exact) mass is 1640 g/mol. The molecule has 33 heteroatoms. The summed E-state index contributed by atoms with van der Waals surface area (Å²) in [5.74, 6) is 9.31. The van der Waals surface area contributed by atoms with Gasteiger partial charge in [-0.15, -0.1) is 0 Å². The number of anilines is 4. The Bertz CT molecular complexity index is 4960. The predicted octanol–water partition coefficient (Wildman–Crippen LogP) is 14.7. The molecule has 0 fully saturated rings. The summed E-state index contributed by atoms with van der Waals surface area (Å²) in [6, 6.07) is 27.3. The molecule has 4 aliphatic heterocycles. The zero-order chi connectivity index (χ0) is 79.3. The summed E-state index contributed by atoms with van der Waals surface area (Å²) in [4.78, 5) is 72.2. The van der Waals surface area contributed by atoms with E-state index in [9.17, 15) is 3.89 Å². The molecule has 16 rings (SSSR count). The molecule has 114 heavy (non-hydrogen) atoms. The van der Waals surface area contributed by atoms with E-state index in [0.29, 0.717) is 114 Å². The van der Waals surface area contributed by atoms with Crippen molar-refractivity contribution in [2.75, 3.05) is 107 Å². The zero-order valence-corrected chi connectivity index (χ0v) is 67.6. The van der Waals surface area contributed by atoms with Gasteiger partial charge in [0.25, 0.3) is 23.5 Å². The zero-order valence-electron chi connectivity index (χ0n) is 64.2. The fourth-order valence-corrected chi connectivity index (χ4v) is 11.2. The lowest BCUT2D eigenvalue weighted by atomic mass is 10.0. The lowest BCUT2D eigenvalue weighted by Gasteiger charge is -2.22. The van der Waals surface area contributed by atoms with Crippen molar-refractivity contribution in [1.82, 2.24) is 84.7 Å². The molecule has 590 valence electrons. The molecule has 0 radical (unpaired) electrons. The maximum Gasteiger partial charge on any atom is 0.257 e. The molecule has 12 aromatic heterocycles. The largest absolute Gasteiger partial charge is 0.484 e. The van der Waals surface area contributed by atoms with Crippen molar-refractivity contribution in [3.63, 3.8) is 0 Å². The molecular formula is C81H87BrFN21O8S2. The number of fused-ring (bicyclic) bond motifs is 4. The highest BCUT2D eigenvalue weighted by Gasteiger charge is 2.24. The van der Waals surface area contributed by atoms with Gasteiger partial charge >= 0.3 is 0 Å². The van der Waals surface area contributed by atoms with Gasteiger partial charge in [0.1, 0.15) is 107 Å². The highest BCUT2D eigenvalue weighted by Crippen LogP contribution is 2.39. The Hall–Kier alpha value is -12.4. The molecule has 0 aliphatic carbocycles. The first-order valence-electron chi connectivity index (χ1n) is 36.0. The van der Waals surface area contributed by atoms with Crippen molar-refractivity contribution in [3.05, 3.63) is 229 Å². The molecule has 1 unspecified atom stereocenters. The van der Waals surface area contributed by atoms with E-state index in [4.69, 9.17) is 37.9 Å². The molecule has 0 saturated carbocycles. The lowest BCUT2D eigenvalue weighted by Crippen LogP contribution is -2.19. The molecule has 16 heterocycles. The van der Waals surface area contributed by atoms with E-state index in [0.717, 1.165) is 135 Å². The second-order valence-electron chi connectivity index (χ2n) is 25.4.